The molecule has 0 saturated carbocycles. The Morgan fingerprint density at radius 1 is 1.38 bits per heavy atom. The quantitative estimate of drug-likeness (QED) is 0.426. The predicted octanol–water partition coefficient (Wildman–Crippen LogP) is -1.20. The highest BCUT2D eigenvalue weighted by molar-refractivity contribution is 7.55. The maximum absolute atomic E-state index is 10.4. The van der Waals surface area contributed by atoms with E-state index in [1.807, 2.05) is 0 Å². The highest BCUT2D eigenvalue weighted by atomic mass is 31.2. The number of rotatable bonds is 2. The topological polar surface area (TPSA) is 107 Å². The van der Waals surface area contributed by atoms with Crippen LogP contribution in [-0.4, -0.2) is 44.9 Å². The van der Waals surface area contributed by atoms with E-state index in [9.17, 15) is 9.67 Å². The van der Waals surface area contributed by atoms with Crippen molar-refractivity contribution in [3.63, 3.8) is 0 Å². The molecule has 1 aliphatic rings. The third-order valence-corrected chi connectivity index (χ3v) is 2.22. The van der Waals surface area contributed by atoms with Crippen molar-refractivity contribution in [2.75, 3.05) is 6.61 Å². The lowest BCUT2D eigenvalue weighted by Gasteiger charge is -2.09. The molecule has 0 spiro atoms. The summed E-state index contributed by atoms with van der Waals surface area (Å²) >= 11 is 0. The molecule has 0 aromatic rings. The van der Waals surface area contributed by atoms with Gasteiger partial charge in [-0.05, 0) is 6.08 Å². The van der Waals surface area contributed by atoms with Gasteiger partial charge in [0.2, 0.25) is 0 Å². The van der Waals surface area contributed by atoms with Crippen molar-refractivity contribution in [1.29, 1.82) is 0 Å². The maximum Gasteiger partial charge on any atom is 0.348 e. The summed E-state index contributed by atoms with van der Waals surface area (Å²) in [6, 6.07) is 0. The van der Waals surface area contributed by atoms with Crippen LogP contribution in [0.4, 0.5) is 0 Å². The van der Waals surface area contributed by atoms with E-state index in [4.69, 9.17) is 19.6 Å². The fourth-order valence-corrected chi connectivity index (χ4v) is 1.39. The highest BCUT2D eigenvalue weighted by Gasteiger charge is 2.33. The molecule has 0 amide bonds. The third kappa shape index (κ3) is 3.19. The van der Waals surface area contributed by atoms with Crippen LogP contribution in [0.15, 0.2) is 11.9 Å². The van der Waals surface area contributed by atoms with Gasteiger partial charge in [-0.1, -0.05) is 0 Å². The molecule has 1 heterocycles. The largest absolute Gasteiger partial charge is 0.388 e. The summed E-state index contributed by atoms with van der Waals surface area (Å²) in [5, 5.41) is 18.2. The van der Waals surface area contributed by atoms with Gasteiger partial charge in [0, 0.05) is 5.82 Å². The zero-order valence-corrected chi connectivity index (χ0v) is 7.54. The molecule has 0 aromatic carbocycles. The van der Waals surface area contributed by atoms with Crippen LogP contribution >= 0.6 is 7.60 Å². The summed E-state index contributed by atoms with van der Waals surface area (Å²) in [6.07, 6.45) is -1.90. The van der Waals surface area contributed by atoms with E-state index < -0.39 is 25.9 Å². The summed E-state index contributed by atoms with van der Waals surface area (Å²) in [4.78, 5) is 16.9. The lowest BCUT2D eigenvalue weighted by molar-refractivity contribution is 0.0420. The van der Waals surface area contributed by atoms with E-state index in [1.54, 1.807) is 0 Å². The molecule has 1 unspecified atom stereocenters. The molecule has 1 aliphatic heterocycles. The van der Waals surface area contributed by atoms with Gasteiger partial charge < -0.3 is 24.7 Å². The first-order valence-electron chi connectivity index (χ1n) is 3.62. The van der Waals surface area contributed by atoms with Crippen LogP contribution in [0.5, 0.6) is 0 Å². The van der Waals surface area contributed by atoms with Crippen LogP contribution in [0.2, 0.25) is 0 Å². The van der Waals surface area contributed by atoms with Gasteiger partial charge in [0.25, 0.3) is 0 Å². The molecule has 3 atom stereocenters. The second-order valence-electron chi connectivity index (χ2n) is 2.79. The number of aliphatic hydroxyl groups is 2. The average Bonchev–Trinajstić information content (AvgIpc) is 2.29. The van der Waals surface area contributed by atoms with E-state index in [0.29, 0.717) is 5.82 Å². The van der Waals surface area contributed by atoms with E-state index in [0.717, 1.165) is 6.08 Å². The van der Waals surface area contributed by atoms with Gasteiger partial charge in [-0.3, -0.25) is 4.57 Å². The first kappa shape index (κ1) is 10.8. The van der Waals surface area contributed by atoms with E-state index in [2.05, 4.69) is 0 Å². The molecule has 13 heavy (non-hydrogen) atoms. The van der Waals surface area contributed by atoms with Crippen molar-refractivity contribution in [3.8, 4) is 0 Å². The van der Waals surface area contributed by atoms with Gasteiger partial charge in [-0.2, -0.15) is 0 Å². The zero-order chi connectivity index (χ0) is 10.1. The van der Waals surface area contributed by atoms with Gasteiger partial charge >= 0.3 is 7.60 Å². The Morgan fingerprint density at radius 3 is 2.38 bits per heavy atom. The summed E-state index contributed by atoms with van der Waals surface area (Å²) < 4.78 is 15.2. The Morgan fingerprint density at radius 2 is 2.00 bits per heavy atom. The molecule has 76 valence electrons. The summed E-state index contributed by atoms with van der Waals surface area (Å²) in [6.45, 7) is -0.0304. The first-order chi connectivity index (χ1) is 5.90. The molecule has 6 nitrogen and oxygen atoms in total. The molecular formula is C6H11O6P. The number of hydrogen-bond acceptors (Lipinski definition) is 4. The SMILES string of the molecule is O=P(O)(O)/C=C\[C@H]1OCC(O)[C@H]1O. The smallest absolute Gasteiger partial charge is 0.348 e. The monoisotopic (exact) mass is 210 g/mol. The van der Waals surface area contributed by atoms with Crippen LogP contribution in [0.25, 0.3) is 0 Å². The lowest BCUT2D eigenvalue weighted by Crippen LogP contribution is -2.28. The second-order valence-corrected chi connectivity index (χ2v) is 4.26. The summed E-state index contributed by atoms with van der Waals surface area (Å²) in [5.41, 5.74) is 0. The fourth-order valence-electron chi connectivity index (χ4n) is 0.992. The van der Waals surface area contributed by atoms with Gasteiger partial charge in [-0.15, -0.1) is 0 Å². The Labute approximate surface area is 74.6 Å². The average molecular weight is 210 g/mol. The van der Waals surface area contributed by atoms with E-state index in [-0.39, 0.29) is 6.61 Å². The summed E-state index contributed by atoms with van der Waals surface area (Å²) in [7, 11) is -4.22. The number of hydrogen-bond donors (Lipinski definition) is 4. The van der Waals surface area contributed by atoms with Gasteiger partial charge in [0.1, 0.15) is 18.3 Å². The molecule has 1 rings (SSSR count). The van der Waals surface area contributed by atoms with Crippen molar-refractivity contribution in [3.05, 3.63) is 11.9 Å². The molecule has 7 heteroatoms. The minimum absolute atomic E-state index is 0.0304. The fraction of sp³-hybridized carbons (Fsp3) is 0.667. The third-order valence-electron chi connectivity index (χ3n) is 1.66. The van der Waals surface area contributed by atoms with E-state index >= 15 is 0 Å². The number of aliphatic hydroxyl groups excluding tert-OH is 2. The molecule has 4 N–H and O–H groups in total. The Bertz CT molecular complexity index is 246. The maximum atomic E-state index is 10.4. The normalized spacial score (nSPS) is 35.8. The Hall–Kier alpha value is -0.230. The molecule has 0 bridgehead atoms. The van der Waals surface area contributed by atoms with Crippen molar-refractivity contribution in [1.82, 2.24) is 0 Å². The second kappa shape index (κ2) is 3.88. The Kier molecular flexibility index (Phi) is 3.23. The van der Waals surface area contributed by atoms with Crippen LogP contribution in [0.1, 0.15) is 0 Å². The van der Waals surface area contributed by atoms with Crippen molar-refractivity contribution in [2.45, 2.75) is 18.3 Å². The van der Waals surface area contributed by atoms with Crippen LogP contribution in [0.3, 0.4) is 0 Å². The molecule has 0 radical (unpaired) electrons. The molecule has 0 aliphatic carbocycles. The molecule has 1 fully saturated rings. The predicted molar refractivity (Wildman–Crippen MR) is 42.9 cm³/mol. The van der Waals surface area contributed by atoms with Crippen LogP contribution < -0.4 is 0 Å². The standard InChI is InChI=1S/C6H11O6P/c7-4-3-12-5(6(4)8)1-2-13(9,10)11/h1-2,4-8H,3H2,(H2,9,10,11)/b2-1-/t4?,5-,6-/m1/s1. The minimum atomic E-state index is -4.22. The molecular weight excluding hydrogens is 199 g/mol. The lowest BCUT2D eigenvalue weighted by atomic mass is 10.1. The van der Waals surface area contributed by atoms with Crippen molar-refractivity contribution >= 4 is 7.60 Å². The number of ether oxygens (including phenoxy) is 1. The highest BCUT2D eigenvalue weighted by Crippen LogP contribution is 2.36. The molecule has 1 saturated heterocycles. The first-order valence-corrected chi connectivity index (χ1v) is 5.30. The minimum Gasteiger partial charge on any atom is -0.388 e. The van der Waals surface area contributed by atoms with E-state index in [1.165, 1.54) is 0 Å². The van der Waals surface area contributed by atoms with Crippen molar-refractivity contribution in [2.24, 2.45) is 0 Å². The summed E-state index contributed by atoms with van der Waals surface area (Å²) in [5.74, 6) is 0.652. The van der Waals surface area contributed by atoms with Gasteiger partial charge in [0.05, 0.1) is 6.61 Å². The van der Waals surface area contributed by atoms with Crippen LogP contribution in [0, 0.1) is 0 Å². The van der Waals surface area contributed by atoms with Gasteiger partial charge in [0.15, 0.2) is 0 Å². The van der Waals surface area contributed by atoms with Gasteiger partial charge in [-0.25, -0.2) is 0 Å². The Balaban J connectivity index is 2.56. The zero-order valence-electron chi connectivity index (χ0n) is 6.65. The molecule has 0 aromatic heterocycles. The van der Waals surface area contributed by atoms with Crippen molar-refractivity contribution < 1.29 is 29.3 Å². The van der Waals surface area contributed by atoms with Crippen LogP contribution in [-0.2, 0) is 9.30 Å².